The number of carbonyl (C=O) groups excluding carboxylic acids is 1. The maximum Gasteiger partial charge on any atom is 0.309 e. The van der Waals surface area contributed by atoms with Gasteiger partial charge in [0.1, 0.15) is 0 Å². The summed E-state index contributed by atoms with van der Waals surface area (Å²) in [5.41, 5.74) is -0.645. The summed E-state index contributed by atoms with van der Waals surface area (Å²) < 4.78 is 0. The number of carboxylic acid groups (broad SMARTS) is 1. The summed E-state index contributed by atoms with van der Waals surface area (Å²) in [7, 11) is 0. The third kappa shape index (κ3) is 3.10. The number of hydrogen-bond donors (Lipinski definition) is 1. The molecule has 20 heavy (non-hydrogen) atoms. The minimum atomic E-state index is -0.735. The molecule has 2 rings (SSSR count). The predicted molar refractivity (Wildman–Crippen MR) is 79.5 cm³/mol. The molecule has 1 aromatic rings. The topological polar surface area (TPSA) is 57.6 Å². The highest BCUT2D eigenvalue weighted by Crippen LogP contribution is 2.35. The van der Waals surface area contributed by atoms with Crippen molar-refractivity contribution in [2.75, 3.05) is 13.1 Å². The van der Waals surface area contributed by atoms with Gasteiger partial charge in [-0.3, -0.25) is 9.59 Å². The molecule has 1 fully saturated rings. The molecule has 0 saturated carbocycles. The second-order valence-corrected chi connectivity index (χ2v) is 6.09. The first-order chi connectivity index (χ1) is 9.57. The van der Waals surface area contributed by atoms with Crippen LogP contribution in [-0.2, 0) is 9.59 Å². The summed E-state index contributed by atoms with van der Waals surface area (Å²) >= 11 is 1.58. The number of rotatable bonds is 4. The molecule has 0 aliphatic carbocycles. The maximum absolute atomic E-state index is 12.1. The van der Waals surface area contributed by atoms with Crippen LogP contribution in [0.1, 0.15) is 31.1 Å². The Morgan fingerprint density at radius 3 is 2.65 bits per heavy atom. The fourth-order valence-electron chi connectivity index (χ4n) is 2.52. The third-order valence-corrected chi connectivity index (χ3v) is 4.93. The van der Waals surface area contributed by atoms with Gasteiger partial charge in [0.2, 0.25) is 5.91 Å². The van der Waals surface area contributed by atoms with Crippen molar-refractivity contribution in [1.82, 2.24) is 4.90 Å². The summed E-state index contributed by atoms with van der Waals surface area (Å²) in [5, 5.41) is 11.3. The van der Waals surface area contributed by atoms with E-state index in [0.717, 1.165) is 4.88 Å². The molecule has 0 aromatic carbocycles. The molecule has 1 N–H and O–H groups in total. The summed E-state index contributed by atoms with van der Waals surface area (Å²) in [4.78, 5) is 26.2. The van der Waals surface area contributed by atoms with Gasteiger partial charge in [0, 0.05) is 24.0 Å². The van der Waals surface area contributed by atoms with Crippen molar-refractivity contribution in [3.05, 3.63) is 28.5 Å². The molecule has 0 unspecified atom stereocenters. The number of carboxylic acids is 1. The maximum atomic E-state index is 12.1. The van der Waals surface area contributed by atoms with Crippen LogP contribution in [-0.4, -0.2) is 35.0 Å². The Balaban J connectivity index is 1.93. The molecule has 108 valence electrons. The van der Waals surface area contributed by atoms with Gasteiger partial charge in [-0.15, -0.1) is 11.3 Å². The minimum absolute atomic E-state index is 0.0338. The lowest BCUT2D eigenvalue weighted by Crippen LogP contribution is -2.45. The van der Waals surface area contributed by atoms with E-state index in [2.05, 4.69) is 0 Å². The zero-order valence-corrected chi connectivity index (χ0v) is 12.4. The molecule has 4 nitrogen and oxygen atoms in total. The van der Waals surface area contributed by atoms with Gasteiger partial charge < -0.3 is 10.0 Å². The van der Waals surface area contributed by atoms with Crippen LogP contribution in [0.2, 0.25) is 0 Å². The number of hydrogen-bond acceptors (Lipinski definition) is 3. The zero-order chi connectivity index (χ0) is 14.6. The summed E-state index contributed by atoms with van der Waals surface area (Å²) in [6.07, 6.45) is 5.08. The van der Waals surface area contributed by atoms with Crippen LogP contribution in [0.5, 0.6) is 0 Å². The first-order valence-corrected chi connectivity index (χ1v) is 7.69. The van der Waals surface area contributed by atoms with Gasteiger partial charge in [-0.05, 0) is 36.8 Å². The summed E-state index contributed by atoms with van der Waals surface area (Å²) in [5.74, 6) is -0.769. The van der Waals surface area contributed by atoms with Crippen molar-refractivity contribution in [1.29, 1.82) is 0 Å². The Bertz CT molecular complexity index is 499. The Kier molecular flexibility index (Phi) is 4.60. The van der Waals surface area contributed by atoms with Crippen LogP contribution in [0.3, 0.4) is 0 Å². The largest absolute Gasteiger partial charge is 0.481 e. The molecule has 5 heteroatoms. The van der Waals surface area contributed by atoms with E-state index in [1.165, 1.54) is 0 Å². The van der Waals surface area contributed by atoms with Crippen molar-refractivity contribution >= 4 is 29.3 Å². The lowest BCUT2D eigenvalue weighted by Gasteiger charge is -2.37. The SMILES string of the molecule is CCC1(C(=O)O)CCN(C(=O)C=Cc2cccs2)CC1. The van der Waals surface area contributed by atoms with E-state index in [9.17, 15) is 14.7 Å². The predicted octanol–water partition coefficient (Wildman–Crippen LogP) is 2.86. The van der Waals surface area contributed by atoms with E-state index in [1.54, 1.807) is 22.3 Å². The van der Waals surface area contributed by atoms with Crippen molar-refractivity contribution in [3.63, 3.8) is 0 Å². The number of likely N-dealkylation sites (tertiary alicyclic amines) is 1. The molecule has 1 aromatic heterocycles. The zero-order valence-electron chi connectivity index (χ0n) is 11.5. The molecule has 0 atom stereocenters. The van der Waals surface area contributed by atoms with Crippen LogP contribution in [0.4, 0.5) is 0 Å². The van der Waals surface area contributed by atoms with Crippen LogP contribution in [0, 0.1) is 5.41 Å². The first-order valence-electron chi connectivity index (χ1n) is 6.81. The third-order valence-electron chi connectivity index (χ3n) is 4.10. The van der Waals surface area contributed by atoms with Gasteiger partial charge in [-0.2, -0.15) is 0 Å². The number of thiophene rings is 1. The van der Waals surface area contributed by atoms with Gasteiger partial charge in [-0.1, -0.05) is 13.0 Å². The number of amides is 1. The molecule has 0 bridgehead atoms. The van der Waals surface area contributed by atoms with E-state index in [0.29, 0.717) is 32.4 Å². The Hall–Kier alpha value is -1.62. The van der Waals surface area contributed by atoms with E-state index < -0.39 is 11.4 Å². The molecule has 1 aliphatic heterocycles. The van der Waals surface area contributed by atoms with Gasteiger partial charge in [-0.25, -0.2) is 0 Å². The van der Waals surface area contributed by atoms with Crippen LogP contribution in [0.25, 0.3) is 6.08 Å². The van der Waals surface area contributed by atoms with Gasteiger partial charge in [0.25, 0.3) is 0 Å². The van der Waals surface area contributed by atoms with Crippen molar-refractivity contribution in [2.45, 2.75) is 26.2 Å². The first kappa shape index (κ1) is 14.8. The highest BCUT2D eigenvalue weighted by molar-refractivity contribution is 7.10. The average molecular weight is 293 g/mol. The van der Waals surface area contributed by atoms with Crippen LogP contribution < -0.4 is 0 Å². The Morgan fingerprint density at radius 1 is 1.45 bits per heavy atom. The lowest BCUT2D eigenvalue weighted by molar-refractivity contribution is -0.154. The highest BCUT2D eigenvalue weighted by Gasteiger charge is 2.40. The van der Waals surface area contributed by atoms with Crippen molar-refractivity contribution in [2.24, 2.45) is 5.41 Å². The quantitative estimate of drug-likeness (QED) is 0.868. The molecule has 1 aliphatic rings. The molecule has 2 heterocycles. The van der Waals surface area contributed by atoms with E-state index in [-0.39, 0.29) is 5.91 Å². The van der Waals surface area contributed by atoms with Gasteiger partial charge in [0.15, 0.2) is 0 Å². The Morgan fingerprint density at radius 2 is 2.15 bits per heavy atom. The molecular weight excluding hydrogens is 274 g/mol. The van der Waals surface area contributed by atoms with Crippen molar-refractivity contribution in [3.8, 4) is 0 Å². The van der Waals surface area contributed by atoms with E-state index in [1.807, 2.05) is 30.5 Å². The second kappa shape index (κ2) is 6.22. The fraction of sp³-hybridized carbons (Fsp3) is 0.467. The van der Waals surface area contributed by atoms with E-state index >= 15 is 0 Å². The van der Waals surface area contributed by atoms with Gasteiger partial charge in [0.05, 0.1) is 5.41 Å². The molecule has 1 amide bonds. The summed E-state index contributed by atoms with van der Waals surface area (Å²) in [6, 6.07) is 3.90. The lowest BCUT2D eigenvalue weighted by atomic mass is 9.76. The van der Waals surface area contributed by atoms with Crippen molar-refractivity contribution < 1.29 is 14.7 Å². The monoisotopic (exact) mass is 293 g/mol. The number of aliphatic carboxylic acids is 1. The molecule has 1 saturated heterocycles. The Labute approximate surface area is 122 Å². The normalized spacial score (nSPS) is 18.4. The number of nitrogens with zero attached hydrogens (tertiary/aromatic N) is 1. The minimum Gasteiger partial charge on any atom is -0.481 e. The summed E-state index contributed by atoms with van der Waals surface area (Å²) in [6.45, 7) is 2.95. The highest BCUT2D eigenvalue weighted by atomic mass is 32.1. The fourth-order valence-corrected chi connectivity index (χ4v) is 3.14. The smallest absolute Gasteiger partial charge is 0.309 e. The molecular formula is C15H19NO3S. The molecule has 0 spiro atoms. The number of carbonyl (C=O) groups is 2. The van der Waals surface area contributed by atoms with Crippen LogP contribution >= 0.6 is 11.3 Å². The van der Waals surface area contributed by atoms with Gasteiger partial charge >= 0.3 is 5.97 Å². The van der Waals surface area contributed by atoms with E-state index in [4.69, 9.17) is 0 Å². The average Bonchev–Trinajstić information content (AvgIpc) is 2.98. The molecule has 0 radical (unpaired) electrons. The second-order valence-electron chi connectivity index (χ2n) is 5.11. The standard InChI is InChI=1S/C15H19NO3S/c1-2-15(14(18)19)7-9-16(10-8-15)13(17)6-5-12-4-3-11-20-12/h3-6,11H,2,7-10H2,1H3,(H,18,19). The number of piperidine rings is 1. The van der Waals surface area contributed by atoms with Crippen LogP contribution in [0.15, 0.2) is 23.6 Å².